The molecule has 1 aromatic carbocycles. The van der Waals surface area contributed by atoms with Gasteiger partial charge in [0, 0.05) is 24.6 Å². The third-order valence-electron chi connectivity index (χ3n) is 2.61. The Kier molecular flexibility index (Phi) is 3.50. The zero-order chi connectivity index (χ0) is 12.5. The largest absolute Gasteiger partial charge is 0.506 e. The molecule has 0 amide bonds. The molecule has 0 aromatic heterocycles. The summed E-state index contributed by atoms with van der Waals surface area (Å²) in [6.45, 7) is 1.04. The Hall–Kier alpha value is -0.920. The lowest BCUT2D eigenvalue weighted by Gasteiger charge is -2.25. The predicted molar refractivity (Wildman–Crippen MR) is 68.6 cm³/mol. The maximum absolute atomic E-state index is 12.2. The zero-order valence-electron chi connectivity index (χ0n) is 9.17. The number of anilines is 1. The molecule has 0 unspecified atom stereocenters. The second-order valence-corrected chi connectivity index (χ2v) is 6.90. The SMILES string of the molecule is Nc1cc(S(=O)(=O)N2CCSCC2)ccc1O. The molecule has 3 N–H and O–H groups in total. The fourth-order valence-corrected chi connectivity index (χ4v) is 4.24. The minimum Gasteiger partial charge on any atom is -0.506 e. The van der Waals surface area contributed by atoms with Crippen molar-refractivity contribution >= 4 is 27.5 Å². The smallest absolute Gasteiger partial charge is 0.243 e. The average molecular weight is 274 g/mol. The fourth-order valence-electron chi connectivity index (χ4n) is 1.63. The quantitative estimate of drug-likeness (QED) is 0.613. The number of nitrogen functional groups attached to an aromatic ring is 1. The van der Waals surface area contributed by atoms with Crippen molar-refractivity contribution in [2.24, 2.45) is 0 Å². The van der Waals surface area contributed by atoms with Crippen LogP contribution in [0.5, 0.6) is 5.75 Å². The van der Waals surface area contributed by atoms with Gasteiger partial charge in [0.15, 0.2) is 0 Å². The Balaban J connectivity index is 2.33. The predicted octanol–water partition coefficient (Wildman–Crippen LogP) is 0.712. The number of aromatic hydroxyl groups is 1. The Bertz CT molecular complexity index is 510. The highest BCUT2D eigenvalue weighted by Gasteiger charge is 2.26. The van der Waals surface area contributed by atoms with E-state index in [1.165, 1.54) is 22.5 Å². The lowest BCUT2D eigenvalue weighted by atomic mass is 10.3. The summed E-state index contributed by atoms with van der Waals surface area (Å²) in [5, 5.41) is 9.28. The van der Waals surface area contributed by atoms with E-state index in [9.17, 15) is 13.5 Å². The van der Waals surface area contributed by atoms with Crippen molar-refractivity contribution in [2.45, 2.75) is 4.90 Å². The Morgan fingerprint density at radius 3 is 2.53 bits per heavy atom. The summed E-state index contributed by atoms with van der Waals surface area (Å²) < 4.78 is 25.9. The number of thioether (sulfide) groups is 1. The first-order valence-electron chi connectivity index (χ1n) is 5.18. The zero-order valence-corrected chi connectivity index (χ0v) is 10.8. The Labute approximate surface area is 105 Å². The molecule has 0 radical (unpaired) electrons. The number of hydrogen-bond donors (Lipinski definition) is 2. The van der Waals surface area contributed by atoms with E-state index in [-0.39, 0.29) is 16.3 Å². The lowest BCUT2D eigenvalue weighted by Crippen LogP contribution is -2.37. The molecule has 1 aliphatic heterocycles. The number of nitrogens with zero attached hydrogens (tertiary/aromatic N) is 1. The first kappa shape index (κ1) is 12.5. The maximum Gasteiger partial charge on any atom is 0.243 e. The van der Waals surface area contributed by atoms with E-state index in [2.05, 4.69) is 0 Å². The number of hydrogen-bond acceptors (Lipinski definition) is 5. The highest BCUT2D eigenvalue weighted by molar-refractivity contribution is 7.99. The van der Waals surface area contributed by atoms with Gasteiger partial charge in [0.25, 0.3) is 0 Å². The number of nitrogens with two attached hydrogens (primary N) is 1. The molecule has 17 heavy (non-hydrogen) atoms. The molecule has 0 atom stereocenters. The van der Waals surface area contributed by atoms with E-state index in [0.717, 1.165) is 11.5 Å². The minimum atomic E-state index is -3.47. The van der Waals surface area contributed by atoms with Crippen molar-refractivity contribution in [2.75, 3.05) is 30.3 Å². The van der Waals surface area contributed by atoms with E-state index < -0.39 is 10.0 Å². The standard InChI is InChI=1S/C10H14N2O3S2/c11-9-7-8(1-2-10(9)13)17(14,15)12-3-5-16-6-4-12/h1-2,7,13H,3-6,11H2. The first-order chi connectivity index (χ1) is 8.01. The van der Waals surface area contributed by atoms with Gasteiger partial charge < -0.3 is 10.8 Å². The van der Waals surface area contributed by atoms with E-state index in [1.807, 2.05) is 0 Å². The normalized spacial score (nSPS) is 18.1. The topological polar surface area (TPSA) is 83.6 Å². The van der Waals surface area contributed by atoms with Gasteiger partial charge in [-0.3, -0.25) is 0 Å². The summed E-state index contributed by atoms with van der Waals surface area (Å²) in [7, 11) is -3.47. The number of benzene rings is 1. The third kappa shape index (κ3) is 2.51. The summed E-state index contributed by atoms with van der Waals surface area (Å²) >= 11 is 1.74. The van der Waals surface area contributed by atoms with Crippen molar-refractivity contribution in [1.82, 2.24) is 4.31 Å². The first-order valence-corrected chi connectivity index (χ1v) is 7.77. The van der Waals surface area contributed by atoms with Gasteiger partial charge in [0.05, 0.1) is 10.6 Å². The van der Waals surface area contributed by atoms with Crippen LogP contribution in [0, 0.1) is 0 Å². The van der Waals surface area contributed by atoms with Gasteiger partial charge in [-0.25, -0.2) is 8.42 Å². The third-order valence-corrected chi connectivity index (χ3v) is 5.44. The van der Waals surface area contributed by atoms with Crippen LogP contribution < -0.4 is 5.73 Å². The van der Waals surface area contributed by atoms with Crippen molar-refractivity contribution in [3.8, 4) is 5.75 Å². The van der Waals surface area contributed by atoms with Crippen LogP contribution in [0.15, 0.2) is 23.1 Å². The number of phenolic OH excluding ortho intramolecular Hbond substituents is 1. The molecule has 1 aliphatic rings. The van der Waals surface area contributed by atoms with Gasteiger partial charge in [0.2, 0.25) is 10.0 Å². The second kappa shape index (κ2) is 4.75. The van der Waals surface area contributed by atoms with Gasteiger partial charge in [-0.15, -0.1) is 0 Å². The van der Waals surface area contributed by atoms with Crippen molar-refractivity contribution < 1.29 is 13.5 Å². The molecular weight excluding hydrogens is 260 g/mol. The van der Waals surface area contributed by atoms with Crippen molar-refractivity contribution in [3.05, 3.63) is 18.2 Å². The van der Waals surface area contributed by atoms with Crippen LogP contribution in [0.1, 0.15) is 0 Å². The molecule has 1 saturated heterocycles. The molecule has 1 aromatic rings. The molecule has 0 saturated carbocycles. The number of sulfonamides is 1. The molecule has 0 aliphatic carbocycles. The maximum atomic E-state index is 12.2. The molecule has 94 valence electrons. The van der Waals surface area contributed by atoms with Crippen LogP contribution in [-0.4, -0.2) is 42.4 Å². The van der Waals surface area contributed by atoms with Crippen LogP contribution in [-0.2, 0) is 10.0 Å². The number of rotatable bonds is 2. The summed E-state index contributed by atoms with van der Waals surface area (Å²) in [6, 6.07) is 3.98. The Morgan fingerprint density at radius 2 is 1.94 bits per heavy atom. The molecule has 7 heteroatoms. The van der Waals surface area contributed by atoms with E-state index in [0.29, 0.717) is 13.1 Å². The van der Waals surface area contributed by atoms with Crippen LogP contribution in [0.25, 0.3) is 0 Å². The van der Waals surface area contributed by atoms with Gasteiger partial charge in [-0.05, 0) is 18.2 Å². The molecule has 1 fully saturated rings. The minimum absolute atomic E-state index is 0.0810. The summed E-state index contributed by atoms with van der Waals surface area (Å²) in [4.78, 5) is 0.139. The molecule has 1 heterocycles. The van der Waals surface area contributed by atoms with Crippen molar-refractivity contribution in [3.63, 3.8) is 0 Å². The van der Waals surface area contributed by atoms with Gasteiger partial charge in [-0.2, -0.15) is 16.1 Å². The van der Waals surface area contributed by atoms with E-state index in [1.54, 1.807) is 11.8 Å². The van der Waals surface area contributed by atoms with E-state index >= 15 is 0 Å². The lowest BCUT2D eigenvalue weighted by molar-refractivity contribution is 0.443. The molecule has 2 rings (SSSR count). The van der Waals surface area contributed by atoms with Crippen LogP contribution in [0.2, 0.25) is 0 Å². The Morgan fingerprint density at radius 1 is 1.29 bits per heavy atom. The highest BCUT2D eigenvalue weighted by Crippen LogP contribution is 2.26. The summed E-state index contributed by atoms with van der Waals surface area (Å²) in [5.41, 5.74) is 5.59. The monoisotopic (exact) mass is 274 g/mol. The van der Waals surface area contributed by atoms with Gasteiger partial charge >= 0.3 is 0 Å². The van der Waals surface area contributed by atoms with Crippen LogP contribution in [0.3, 0.4) is 0 Å². The molecular formula is C10H14N2O3S2. The second-order valence-electron chi connectivity index (χ2n) is 3.74. The number of phenols is 1. The van der Waals surface area contributed by atoms with Gasteiger partial charge in [-0.1, -0.05) is 0 Å². The van der Waals surface area contributed by atoms with Crippen LogP contribution >= 0.6 is 11.8 Å². The average Bonchev–Trinajstić information content (AvgIpc) is 2.33. The molecule has 5 nitrogen and oxygen atoms in total. The van der Waals surface area contributed by atoms with Crippen LogP contribution in [0.4, 0.5) is 5.69 Å². The van der Waals surface area contributed by atoms with E-state index in [4.69, 9.17) is 5.73 Å². The molecule has 0 bridgehead atoms. The fraction of sp³-hybridized carbons (Fsp3) is 0.400. The van der Waals surface area contributed by atoms with Crippen molar-refractivity contribution in [1.29, 1.82) is 0 Å². The summed E-state index contributed by atoms with van der Waals surface area (Å²) in [6.07, 6.45) is 0. The highest BCUT2D eigenvalue weighted by atomic mass is 32.2. The summed E-state index contributed by atoms with van der Waals surface area (Å²) in [5.74, 6) is 1.53. The van der Waals surface area contributed by atoms with Gasteiger partial charge in [0.1, 0.15) is 5.75 Å². The molecule has 0 spiro atoms.